The predicted octanol–water partition coefficient (Wildman–Crippen LogP) is 2.26. The first kappa shape index (κ1) is 16.8. The van der Waals surface area contributed by atoms with Gasteiger partial charge in [0, 0.05) is 18.6 Å². The molecule has 1 amide bonds. The molecule has 2 aliphatic rings. The van der Waals surface area contributed by atoms with Gasteiger partial charge in [0.1, 0.15) is 0 Å². The monoisotopic (exact) mass is 296 g/mol. The van der Waals surface area contributed by atoms with Gasteiger partial charge in [-0.3, -0.25) is 9.69 Å². The maximum absolute atomic E-state index is 12.7. The largest absolute Gasteiger partial charge is 0.393 e. The molecular formula is C17H32N2O2. The van der Waals surface area contributed by atoms with Gasteiger partial charge in [0.25, 0.3) is 0 Å². The highest BCUT2D eigenvalue weighted by Gasteiger charge is 2.31. The Hall–Kier alpha value is -0.610. The zero-order chi connectivity index (χ0) is 15.4. The molecule has 2 unspecified atom stereocenters. The molecule has 1 heterocycles. The molecule has 0 spiro atoms. The van der Waals surface area contributed by atoms with Crippen LogP contribution in [0.15, 0.2) is 0 Å². The summed E-state index contributed by atoms with van der Waals surface area (Å²) >= 11 is 0. The van der Waals surface area contributed by atoms with Crippen LogP contribution in [-0.4, -0.2) is 58.6 Å². The third kappa shape index (κ3) is 4.43. The number of carbonyl (C=O) groups excluding carboxylic acids is 1. The van der Waals surface area contributed by atoms with Crippen LogP contribution in [0.2, 0.25) is 0 Å². The quantitative estimate of drug-likeness (QED) is 0.846. The van der Waals surface area contributed by atoms with E-state index in [1.807, 2.05) is 6.92 Å². The van der Waals surface area contributed by atoms with Crippen LogP contribution in [0.1, 0.15) is 59.3 Å². The first-order valence-corrected chi connectivity index (χ1v) is 8.70. The number of aliphatic hydroxyl groups is 1. The lowest BCUT2D eigenvalue weighted by Crippen LogP contribution is -2.49. The number of hydrogen-bond donors (Lipinski definition) is 1. The van der Waals surface area contributed by atoms with Crippen molar-refractivity contribution in [2.24, 2.45) is 5.92 Å². The number of rotatable bonds is 5. The van der Waals surface area contributed by atoms with Crippen molar-refractivity contribution in [3.8, 4) is 0 Å². The zero-order valence-electron chi connectivity index (χ0n) is 13.9. The molecule has 0 radical (unpaired) electrons. The average Bonchev–Trinajstić information content (AvgIpc) is 2.88. The molecule has 21 heavy (non-hydrogen) atoms. The Bertz CT molecular complexity index is 338. The van der Waals surface area contributed by atoms with Crippen LogP contribution in [0.25, 0.3) is 0 Å². The van der Waals surface area contributed by atoms with Gasteiger partial charge in [0.15, 0.2) is 0 Å². The molecular weight excluding hydrogens is 264 g/mol. The summed E-state index contributed by atoms with van der Waals surface area (Å²) in [4.78, 5) is 17.1. The zero-order valence-corrected chi connectivity index (χ0v) is 13.9. The summed E-state index contributed by atoms with van der Waals surface area (Å²) < 4.78 is 0. The van der Waals surface area contributed by atoms with Gasteiger partial charge in [-0.2, -0.15) is 0 Å². The molecule has 122 valence electrons. The number of likely N-dealkylation sites (tertiary alicyclic amines) is 1. The van der Waals surface area contributed by atoms with Crippen LogP contribution in [-0.2, 0) is 4.79 Å². The highest BCUT2D eigenvalue weighted by atomic mass is 16.3. The van der Waals surface area contributed by atoms with E-state index in [-0.39, 0.29) is 18.1 Å². The molecule has 1 aliphatic carbocycles. The molecule has 4 heteroatoms. The maximum Gasteiger partial charge on any atom is 0.237 e. The van der Waals surface area contributed by atoms with Crippen molar-refractivity contribution < 1.29 is 9.90 Å². The van der Waals surface area contributed by atoms with E-state index in [1.165, 1.54) is 32.1 Å². The second-order valence-corrected chi connectivity index (χ2v) is 7.21. The Morgan fingerprint density at radius 3 is 2.38 bits per heavy atom. The smallest absolute Gasteiger partial charge is 0.237 e. The Labute approximate surface area is 129 Å². The SMILES string of the molecule is CC(O)C1CCN(CC(=O)N(C(C)C)C2CCCCC2)C1. The highest BCUT2D eigenvalue weighted by Crippen LogP contribution is 2.25. The number of hydrogen-bond acceptors (Lipinski definition) is 3. The predicted molar refractivity (Wildman–Crippen MR) is 85.1 cm³/mol. The van der Waals surface area contributed by atoms with Crippen LogP contribution in [0.5, 0.6) is 0 Å². The Balaban J connectivity index is 1.90. The normalized spacial score (nSPS) is 26.2. The van der Waals surface area contributed by atoms with Crippen LogP contribution in [0.4, 0.5) is 0 Å². The summed E-state index contributed by atoms with van der Waals surface area (Å²) in [6.07, 6.45) is 6.92. The van der Waals surface area contributed by atoms with Gasteiger partial charge < -0.3 is 10.0 Å². The van der Waals surface area contributed by atoms with Crippen molar-refractivity contribution in [2.45, 2.75) is 77.5 Å². The van der Waals surface area contributed by atoms with Crippen molar-refractivity contribution in [2.75, 3.05) is 19.6 Å². The van der Waals surface area contributed by atoms with Gasteiger partial charge in [0.05, 0.1) is 12.6 Å². The molecule has 1 saturated heterocycles. The second kappa shape index (κ2) is 7.59. The van der Waals surface area contributed by atoms with E-state index in [9.17, 15) is 9.90 Å². The lowest BCUT2D eigenvalue weighted by Gasteiger charge is -2.38. The van der Waals surface area contributed by atoms with Crippen LogP contribution in [0, 0.1) is 5.92 Å². The minimum absolute atomic E-state index is 0.260. The fourth-order valence-electron chi connectivity index (χ4n) is 3.95. The van der Waals surface area contributed by atoms with Crippen molar-refractivity contribution >= 4 is 5.91 Å². The Morgan fingerprint density at radius 1 is 1.19 bits per heavy atom. The summed E-state index contributed by atoms with van der Waals surface area (Å²) in [6.45, 7) is 8.46. The molecule has 4 nitrogen and oxygen atoms in total. The van der Waals surface area contributed by atoms with E-state index in [0.717, 1.165) is 19.5 Å². The molecule has 0 aromatic heterocycles. The topological polar surface area (TPSA) is 43.8 Å². The van der Waals surface area contributed by atoms with Gasteiger partial charge in [-0.25, -0.2) is 0 Å². The summed E-state index contributed by atoms with van der Waals surface area (Å²) in [5, 5.41) is 9.68. The van der Waals surface area contributed by atoms with Crippen molar-refractivity contribution in [3.63, 3.8) is 0 Å². The van der Waals surface area contributed by atoms with E-state index < -0.39 is 0 Å². The number of nitrogens with zero attached hydrogens (tertiary/aromatic N) is 2. The average molecular weight is 296 g/mol. The van der Waals surface area contributed by atoms with Crippen LogP contribution in [0.3, 0.4) is 0 Å². The van der Waals surface area contributed by atoms with Gasteiger partial charge in [-0.05, 0) is 52.5 Å². The lowest BCUT2D eigenvalue weighted by atomic mass is 9.93. The molecule has 2 atom stereocenters. The molecule has 1 N–H and O–H groups in total. The third-order valence-corrected chi connectivity index (χ3v) is 5.16. The standard InChI is InChI=1S/C17H32N2O2/c1-13(2)19(16-7-5-4-6-8-16)17(21)12-18-10-9-15(11-18)14(3)20/h13-16,20H,4-12H2,1-3H3. The molecule has 1 aliphatic heterocycles. The van der Waals surface area contributed by atoms with E-state index in [0.29, 0.717) is 18.5 Å². The third-order valence-electron chi connectivity index (χ3n) is 5.16. The molecule has 2 rings (SSSR count). The van der Waals surface area contributed by atoms with Crippen LogP contribution < -0.4 is 0 Å². The number of amides is 1. The first-order chi connectivity index (χ1) is 9.99. The first-order valence-electron chi connectivity index (χ1n) is 8.70. The second-order valence-electron chi connectivity index (χ2n) is 7.21. The minimum Gasteiger partial charge on any atom is -0.393 e. The molecule has 2 fully saturated rings. The van der Waals surface area contributed by atoms with E-state index in [2.05, 4.69) is 23.6 Å². The number of carbonyl (C=O) groups is 1. The van der Waals surface area contributed by atoms with Crippen molar-refractivity contribution in [1.82, 2.24) is 9.80 Å². The van der Waals surface area contributed by atoms with E-state index >= 15 is 0 Å². The molecule has 1 saturated carbocycles. The van der Waals surface area contributed by atoms with E-state index in [1.54, 1.807) is 0 Å². The van der Waals surface area contributed by atoms with Gasteiger partial charge in [-0.1, -0.05) is 19.3 Å². The van der Waals surface area contributed by atoms with Crippen LogP contribution >= 0.6 is 0 Å². The summed E-state index contributed by atoms with van der Waals surface area (Å²) in [5.41, 5.74) is 0. The van der Waals surface area contributed by atoms with Gasteiger partial charge in [0.2, 0.25) is 5.91 Å². The summed E-state index contributed by atoms with van der Waals surface area (Å²) in [5.74, 6) is 0.614. The van der Waals surface area contributed by atoms with Gasteiger partial charge >= 0.3 is 0 Å². The molecule has 0 aromatic rings. The Kier molecular flexibility index (Phi) is 6.06. The molecule has 0 aromatic carbocycles. The molecule has 0 bridgehead atoms. The maximum atomic E-state index is 12.7. The highest BCUT2D eigenvalue weighted by molar-refractivity contribution is 5.79. The van der Waals surface area contributed by atoms with Crippen molar-refractivity contribution in [3.05, 3.63) is 0 Å². The van der Waals surface area contributed by atoms with Crippen molar-refractivity contribution in [1.29, 1.82) is 0 Å². The fourth-order valence-corrected chi connectivity index (χ4v) is 3.95. The van der Waals surface area contributed by atoms with Gasteiger partial charge in [-0.15, -0.1) is 0 Å². The fraction of sp³-hybridized carbons (Fsp3) is 0.941. The number of aliphatic hydroxyl groups excluding tert-OH is 1. The Morgan fingerprint density at radius 2 is 1.86 bits per heavy atom. The minimum atomic E-state index is -0.260. The lowest BCUT2D eigenvalue weighted by molar-refractivity contribution is -0.137. The summed E-state index contributed by atoms with van der Waals surface area (Å²) in [7, 11) is 0. The summed E-state index contributed by atoms with van der Waals surface area (Å²) in [6, 6.07) is 0.734. The van der Waals surface area contributed by atoms with E-state index in [4.69, 9.17) is 0 Å².